The molecule has 1 aromatic carbocycles. The van der Waals surface area contributed by atoms with E-state index < -0.39 is 0 Å². The zero-order valence-corrected chi connectivity index (χ0v) is 16.9. The first kappa shape index (κ1) is 21.3. The summed E-state index contributed by atoms with van der Waals surface area (Å²) < 4.78 is 5.37. The van der Waals surface area contributed by atoms with Gasteiger partial charge < -0.3 is 9.84 Å². The van der Waals surface area contributed by atoms with Crippen molar-refractivity contribution in [2.45, 2.75) is 78.6 Å². The highest BCUT2D eigenvalue weighted by molar-refractivity contribution is 5.90. The van der Waals surface area contributed by atoms with Crippen LogP contribution in [0.4, 0.5) is 0 Å². The van der Waals surface area contributed by atoms with Crippen molar-refractivity contribution in [1.29, 1.82) is 0 Å². The average molecular weight is 347 g/mol. The van der Waals surface area contributed by atoms with E-state index in [0.717, 1.165) is 30.4 Å². The van der Waals surface area contributed by atoms with Gasteiger partial charge in [-0.15, -0.1) is 0 Å². The van der Waals surface area contributed by atoms with Crippen LogP contribution in [0.3, 0.4) is 0 Å². The van der Waals surface area contributed by atoms with E-state index in [0.29, 0.717) is 11.3 Å². The third kappa shape index (κ3) is 5.10. The van der Waals surface area contributed by atoms with Gasteiger partial charge >= 0.3 is 5.97 Å². The third-order valence-corrected chi connectivity index (χ3v) is 5.28. The van der Waals surface area contributed by atoms with Crippen LogP contribution in [0.5, 0.6) is 5.75 Å². The van der Waals surface area contributed by atoms with Crippen molar-refractivity contribution >= 4 is 5.97 Å². The summed E-state index contributed by atoms with van der Waals surface area (Å²) >= 11 is 0. The molecule has 3 heteroatoms. The van der Waals surface area contributed by atoms with Gasteiger partial charge in [0.05, 0.1) is 5.56 Å². The number of phenolic OH excluding ortho intramolecular Hbond substituents is 1. The Kier molecular flexibility index (Phi) is 7.28. The van der Waals surface area contributed by atoms with Gasteiger partial charge in [-0.05, 0) is 42.2 Å². The highest BCUT2D eigenvalue weighted by Crippen LogP contribution is 2.42. The maximum Gasteiger partial charge on any atom is 0.338 e. The number of ether oxygens (including phenoxy) is 1. The molecule has 0 amide bonds. The summed E-state index contributed by atoms with van der Waals surface area (Å²) in [6.07, 6.45) is 6.47. The molecule has 0 bridgehead atoms. The van der Waals surface area contributed by atoms with E-state index in [4.69, 9.17) is 4.74 Å². The number of esters is 1. The molecule has 1 N–H and O–H groups in total. The fraction of sp³-hybridized carbons (Fsp3) is 0.591. The molecule has 0 aliphatic heterocycles. The zero-order valence-electron chi connectivity index (χ0n) is 16.9. The van der Waals surface area contributed by atoms with Crippen LogP contribution >= 0.6 is 0 Å². The number of allylic oxidation sites excluding steroid dienone is 1. The number of benzene rings is 1. The lowest BCUT2D eigenvalue weighted by Crippen LogP contribution is -2.22. The molecule has 0 spiro atoms. The van der Waals surface area contributed by atoms with Crippen LogP contribution < -0.4 is 0 Å². The molecule has 0 fully saturated rings. The van der Waals surface area contributed by atoms with Gasteiger partial charge in [0.25, 0.3) is 0 Å². The topological polar surface area (TPSA) is 46.5 Å². The Morgan fingerprint density at radius 2 is 1.48 bits per heavy atom. The number of rotatable bonds is 8. The average Bonchev–Trinajstić information content (AvgIpc) is 2.58. The second-order valence-electron chi connectivity index (χ2n) is 7.87. The van der Waals surface area contributed by atoms with Gasteiger partial charge in [-0.1, -0.05) is 60.6 Å². The molecule has 1 aromatic rings. The summed E-state index contributed by atoms with van der Waals surface area (Å²) in [4.78, 5) is 12.5. The molecule has 0 heterocycles. The SMILES string of the molecule is CCC=CCOC(=O)c1cc(C(C)(C)CC)c(O)c(C(C)(C)CC)c1. The van der Waals surface area contributed by atoms with Crippen molar-refractivity contribution in [3.63, 3.8) is 0 Å². The van der Waals surface area contributed by atoms with Crippen molar-refractivity contribution in [1.82, 2.24) is 0 Å². The first-order valence-electron chi connectivity index (χ1n) is 9.30. The van der Waals surface area contributed by atoms with Gasteiger partial charge in [0.15, 0.2) is 0 Å². The monoisotopic (exact) mass is 346 g/mol. The summed E-state index contributed by atoms with van der Waals surface area (Å²) in [5, 5.41) is 10.9. The van der Waals surface area contributed by atoms with E-state index in [2.05, 4.69) is 41.5 Å². The van der Waals surface area contributed by atoms with Crippen LogP contribution in [0, 0.1) is 0 Å². The normalized spacial score (nSPS) is 12.6. The molecule has 140 valence electrons. The molecular formula is C22H34O3. The van der Waals surface area contributed by atoms with Crippen LogP contribution in [-0.2, 0) is 15.6 Å². The summed E-state index contributed by atoms with van der Waals surface area (Å²) in [5.41, 5.74) is 1.69. The minimum atomic E-state index is -0.345. The van der Waals surface area contributed by atoms with Gasteiger partial charge in [-0.25, -0.2) is 4.79 Å². The van der Waals surface area contributed by atoms with Crippen molar-refractivity contribution in [2.24, 2.45) is 0 Å². The van der Waals surface area contributed by atoms with E-state index >= 15 is 0 Å². The molecule has 0 aliphatic carbocycles. The molecule has 25 heavy (non-hydrogen) atoms. The van der Waals surface area contributed by atoms with Gasteiger partial charge in [-0.2, -0.15) is 0 Å². The lowest BCUT2D eigenvalue weighted by molar-refractivity contribution is 0.0549. The lowest BCUT2D eigenvalue weighted by Gasteiger charge is -2.31. The molecule has 0 aliphatic rings. The van der Waals surface area contributed by atoms with E-state index in [1.165, 1.54) is 0 Å². The second-order valence-corrected chi connectivity index (χ2v) is 7.87. The maximum absolute atomic E-state index is 12.5. The lowest BCUT2D eigenvalue weighted by atomic mass is 9.75. The van der Waals surface area contributed by atoms with E-state index in [9.17, 15) is 9.90 Å². The Morgan fingerprint density at radius 1 is 1.00 bits per heavy atom. The van der Waals surface area contributed by atoms with Crippen LogP contribution in [-0.4, -0.2) is 17.7 Å². The molecule has 1 rings (SSSR count). The van der Waals surface area contributed by atoms with Crippen LogP contribution in [0.1, 0.15) is 89.2 Å². The molecule has 0 atom stereocenters. The summed E-state index contributed by atoms with van der Waals surface area (Å²) in [5.74, 6) is -0.0387. The minimum Gasteiger partial charge on any atom is -0.507 e. The number of hydrogen-bond donors (Lipinski definition) is 1. The Bertz CT molecular complexity index is 587. The molecule has 3 nitrogen and oxygen atoms in total. The Labute approximate surface area is 153 Å². The molecular weight excluding hydrogens is 312 g/mol. The highest BCUT2D eigenvalue weighted by Gasteiger charge is 2.30. The summed E-state index contributed by atoms with van der Waals surface area (Å²) in [7, 11) is 0. The van der Waals surface area contributed by atoms with E-state index in [-0.39, 0.29) is 23.4 Å². The predicted octanol–water partition coefficient (Wildman–Crippen LogP) is 5.89. The zero-order chi connectivity index (χ0) is 19.3. The largest absolute Gasteiger partial charge is 0.507 e. The molecule has 0 unspecified atom stereocenters. The van der Waals surface area contributed by atoms with Gasteiger partial charge in [0.1, 0.15) is 12.4 Å². The van der Waals surface area contributed by atoms with Crippen molar-refractivity contribution < 1.29 is 14.6 Å². The molecule has 0 saturated heterocycles. The third-order valence-electron chi connectivity index (χ3n) is 5.28. The summed E-state index contributed by atoms with van der Waals surface area (Å²) in [6, 6.07) is 3.58. The van der Waals surface area contributed by atoms with Crippen molar-refractivity contribution in [3.05, 3.63) is 41.0 Å². The Balaban J connectivity index is 3.39. The first-order chi connectivity index (χ1) is 11.6. The maximum atomic E-state index is 12.5. The van der Waals surface area contributed by atoms with Crippen LogP contribution in [0.25, 0.3) is 0 Å². The number of carbonyl (C=O) groups excluding carboxylic acids is 1. The predicted molar refractivity (Wildman–Crippen MR) is 104 cm³/mol. The van der Waals surface area contributed by atoms with E-state index in [1.807, 2.05) is 19.1 Å². The molecule has 0 saturated carbocycles. The standard InChI is InChI=1S/C22H34O3/c1-8-11-12-13-25-20(24)16-14-17(21(4,5)9-2)19(23)18(15-16)22(6,7)10-3/h11-12,14-15,23H,8-10,13H2,1-7H3. The van der Waals surface area contributed by atoms with Crippen LogP contribution in [0.15, 0.2) is 24.3 Å². The van der Waals surface area contributed by atoms with Gasteiger partial charge in [0, 0.05) is 11.1 Å². The van der Waals surface area contributed by atoms with Crippen LogP contribution in [0.2, 0.25) is 0 Å². The molecule has 0 aromatic heterocycles. The van der Waals surface area contributed by atoms with Gasteiger partial charge in [-0.3, -0.25) is 0 Å². The number of aromatic hydroxyl groups is 1. The smallest absolute Gasteiger partial charge is 0.338 e. The Morgan fingerprint density at radius 3 is 1.88 bits per heavy atom. The van der Waals surface area contributed by atoms with Crippen molar-refractivity contribution in [2.75, 3.05) is 6.61 Å². The molecule has 0 radical (unpaired) electrons. The Hall–Kier alpha value is -1.77. The quantitative estimate of drug-likeness (QED) is 0.471. The van der Waals surface area contributed by atoms with E-state index in [1.54, 1.807) is 12.1 Å². The minimum absolute atomic E-state index is 0.221. The fourth-order valence-electron chi connectivity index (χ4n) is 2.61. The summed E-state index contributed by atoms with van der Waals surface area (Å²) in [6.45, 7) is 14.8. The van der Waals surface area contributed by atoms with Crippen molar-refractivity contribution in [3.8, 4) is 5.75 Å². The second kappa shape index (κ2) is 8.55. The first-order valence-corrected chi connectivity index (χ1v) is 9.30. The number of hydrogen-bond acceptors (Lipinski definition) is 3. The number of phenols is 1. The highest BCUT2D eigenvalue weighted by atomic mass is 16.5. The number of carbonyl (C=O) groups is 1. The van der Waals surface area contributed by atoms with Gasteiger partial charge in [0.2, 0.25) is 0 Å². The fourth-order valence-corrected chi connectivity index (χ4v) is 2.61.